The van der Waals surface area contributed by atoms with E-state index in [9.17, 15) is 43.9 Å². The van der Waals surface area contributed by atoms with Gasteiger partial charge in [-0.05, 0) is 81.0 Å². The highest BCUT2D eigenvalue weighted by Crippen LogP contribution is 2.57. The van der Waals surface area contributed by atoms with Gasteiger partial charge in [0.05, 0.1) is 17.2 Å². The van der Waals surface area contributed by atoms with Crippen molar-refractivity contribution in [3.05, 3.63) is 77.6 Å². The Hall–Kier alpha value is -3.16. The number of amides is 1. The first-order valence-electron chi connectivity index (χ1n) is 16.2. The molecule has 14 heteroatoms. The van der Waals surface area contributed by atoms with Gasteiger partial charge in [-0.15, -0.1) is 0 Å². The van der Waals surface area contributed by atoms with Gasteiger partial charge in [-0.25, -0.2) is 17.2 Å². The molecular formula is C35H43F8NO4S. The fourth-order valence-electron chi connectivity index (χ4n) is 7.09. The summed E-state index contributed by atoms with van der Waals surface area (Å²) >= 11 is 0. The molecule has 1 saturated heterocycles. The first-order chi connectivity index (χ1) is 22.6. The highest BCUT2D eigenvalue weighted by Gasteiger charge is 2.74. The summed E-state index contributed by atoms with van der Waals surface area (Å²) < 4.78 is 139. The number of likely N-dealkylation sites (tertiary alicyclic amines) is 1. The predicted molar refractivity (Wildman–Crippen MR) is 170 cm³/mol. The molecule has 0 bridgehead atoms. The van der Waals surface area contributed by atoms with Gasteiger partial charge in [0.2, 0.25) is 0 Å². The van der Waals surface area contributed by atoms with E-state index in [0.29, 0.717) is 25.0 Å². The number of halogens is 8. The molecule has 0 aromatic heterocycles. The van der Waals surface area contributed by atoms with Crippen LogP contribution < -0.4 is 0 Å². The van der Waals surface area contributed by atoms with Crippen LogP contribution in [0.1, 0.15) is 88.0 Å². The smallest absolute Gasteiger partial charge is 0.435 e. The van der Waals surface area contributed by atoms with Crippen molar-refractivity contribution in [2.24, 2.45) is 5.92 Å². The van der Waals surface area contributed by atoms with Gasteiger partial charge in [0.1, 0.15) is 4.75 Å². The number of carbonyl (C=O) groups excluding carboxylic acids is 1. The van der Waals surface area contributed by atoms with Crippen molar-refractivity contribution < 1.29 is 53.4 Å². The Morgan fingerprint density at radius 3 is 1.96 bits per heavy atom. The molecule has 2 fully saturated rings. The zero-order valence-electron chi connectivity index (χ0n) is 27.9. The number of hydrogen-bond acceptors (Lipinski definition) is 4. The Morgan fingerprint density at radius 2 is 1.47 bits per heavy atom. The van der Waals surface area contributed by atoms with Crippen LogP contribution in [-0.4, -0.2) is 54.9 Å². The molecule has 5 nitrogen and oxygen atoms in total. The molecule has 274 valence electrons. The number of carbonyl (C=O) groups is 1. The van der Waals surface area contributed by atoms with Gasteiger partial charge < -0.3 is 10.0 Å². The van der Waals surface area contributed by atoms with Crippen molar-refractivity contribution in [2.75, 3.05) is 6.54 Å². The van der Waals surface area contributed by atoms with Crippen LogP contribution in [0.25, 0.3) is 0 Å². The molecule has 1 amide bonds. The van der Waals surface area contributed by atoms with Crippen molar-refractivity contribution in [2.45, 2.75) is 118 Å². The van der Waals surface area contributed by atoms with E-state index in [0.717, 1.165) is 17.9 Å². The zero-order valence-corrected chi connectivity index (χ0v) is 28.7. The number of rotatable bonds is 4. The first-order valence-corrected chi connectivity index (χ1v) is 17.6. The Balaban J connectivity index is 0.00000101. The number of alkyl halides is 8. The minimum Gasteiger partial charge on any atom is -0.516 e. The third-order valence-corrected chi connectivity index (χ3v) is 12.1. The third-order valence-electron chi connectivity index (χ3n) is 9.59. The molecule has 49 heavy (non-hydrogen) atoms. The van der Waals surface area contributed by atoms with Crippen LogP contribution in [0.3, 0.4) is 0 Å². The third kappa shape index (κ3) is 7.08. The second kappa shape index (κ2) is 14.6. The summed E-state index contributed by atoms with van der Waals surface area (Å²) in [5, 5.41) is 7.33. The number of fused-ring (bicyclic) bond motifs is 3. The van der Waals surface area contributed by atoms with E-state index in [1.165, 1.54) is 35.6 Å². The van der Waals surface area contributed by atoms with Crippen LogP contribution >= 0.6 is 0 Å². The first kappa shape index (κ1) is 40.3. The Labute approximate surface area is 282 Å². The fourth-order valence-corrected chi connectivity index (χ4v) is 9.46. The number of hydrogen-bond donors (Lipinski definition) is 1. The topological polar surface area (TPSA) is 74.7 Å². The lowest BCUT2D eigenvalue weighted by atomic mass is 9.76. The highest BCUT2D eigenvalue weighted by molar-refractivity contribution is 7.92. The number of sulfone groups is 1. The maximum absolute atomic E-state index is 16.0. The monoisotopic (exact) mass is 725 g/mol. The van der Waals surface area contributed by atoms with Gasteiger partial charge in [0.25, 0.3) is 5.91 Å². The summed E-state index contributed by atoms with van der Waals surface area (Å²) in [6, 6.07) is 6.15. The molecule has 1 saturated carbocycles. The van der Waals surface area contributed by atoms with E-state index in [4.69, 9.17) is 5.11 Å². The molecule has 1 aliphatic heterocycles. The Kier molecular flexibility index (Phi) is 12.0. The van der Waals surface area contributed by atoms with E-state index in [2.05, 4.69) is 20.4 Å². The lowest BCUT2D eigenvalue weighted by molar-refractivity contribution is -0.348. The number of aliphatic hydroxyl groups is 1. The number of aliphatic hydroxyl groups excluding tert-OH is 1. The standard InChI is InChI=1S/C30H31F8NO3S.C3H8.C2H4O/c1-18-3-7-22(8-4-18)43(41,42)27-15-16-39(25(40)26(31)13-11-19(2)12-14-26)24(27)10-5-20-17-21(6-9-23(20)27)28(32,29(33,34)35)30(36,37)38;1-3-2;1-2-3/h3-4,6-9,17,19,24H,5,10-16H2,1-2H3;3H2,1-2H3;2-3H,1H2. The van der Waals surface area contributed by atoms with Crippen molar-refractivity contribution in [1.29, 1.82) is 0 Å². The highest BCUT2D eigenvalue weighted by atomic mass is 32.2. The molecule has 2 aliphatic carbocycles. The fraction of sp³-hybridized carbons (Fsp3) is 0.571. The minimum atomic E-state index is -6.34. The van der Waals surface area contributed by atoms with Crippen LogP contribution in [0.4, 0.5) is 35.1 Å². The van der Waals surface area contributed by atoms with E-state index < -0.39 is 55.8 Å². The Morgan fingerprint density at radius 1 is 0.959 bits per heavy atom. The zero-order chi connectivity index (χ0) is 37.2. The summed E-state index contributed by atoms with van der Waals surface area (Å²) in [5.74, 6) is -0.648. The average molecular weight is 726 g/mol. The van der Waals surface area contributed by atoms with Crippen molar-refractivity contribution in [3.63, 3.8) is 0 Å². The van der Waals surface area contributed by atoms with Crippen molar-refractivity contribution in [1.82, 2.24) is 4.90 Å². The van der Waals surface area contributed by atoms with Gasteiger partial charge in [-0.3, -0.25) is 4.79 Å². The number of benzene rings is 2. The van der Waals surface area contributed by atoms with Crippen molar-refractivity contribution in [3.8, 4) is 0 Å². The van der Waals surface area contributed by atoms with Crippen LogP contribution in [0, 0.1) is 12.8 Å². The molecule has 0 spiro atoms. The van der Waals surface area contributed by atoms with Crippen LogP contribution in [-0.2, 0) is 31.5 Å². The van der Waals surface area contributed by atoms with Gasteiger partial charge in [0.15, 0.2) is 15.5 Å². The van der Waals surface area contributed by atoms with Gasteiger partial charge in [0, 0.05) is 12.1 Å². The van der Waals surface area contributed by atoms with E-state index in [1.54, 1.807) is 6.92 Å². The quantitative estimate of drug-likeness (QED) is 0.252. The van der Waals surface area contributed by atoms with Crippen LogP contribution in [0.5, 0.6) is 0 Å². The summed E-state index contributed by atoms with van der Waals surface area (Å²) in [6.07, 6.45) is -10.5. The molecule has 2 atom stereocenters. The normalized spacial score (nSPS) is 25.5. The summed E-state index contributed by atoms with van der Waals surface area (Å²) in [4.78, 5) is 14.7. The molecule has 5 rings (SSSR count). The molecule has 1 N–H and O–H groups in total. The molecule has 0 radical (unpaired) electrons. The van der Waals surface area contributed by atoms with E-state index in [-0.39, 0.29) is 60.6 Å². The summed E-state index contributed by atoms with van der Waals surface area (Å²) in [7, 11) is -4.48. The maximum Gasteiger partial charge on any atom is 0.435 e. The Bertz CT molecular complexity index is 1570. The second-order valence-corrected chi connectivity index (χ2v) is 15.3. The maximum atomic E-state index is 16.0. The second-order valence-electron chi connectivity index (χ2n) is 13.1. The lowest BCUT2D eigenvalue weighted by Crippen LogP contribution is -2.56. The van der Waals surface area contributed by atoms with Gasteiger partial charge in [-0.1, -0.05) is 69.7 Å². The minimum absolute atomic E-state index is 0.0403. The van der Waals surface area contributed by atoms with Gasteiger partial charge >= 0.3 is 18.0 Å². The molecule has 1 heterocycles. The molecular weight excluding hydrogens is 682 g/mol. The number of aryl methyl sites for hydroxylation is 2. The molecule has 2 aromatic carbocycles. The lowest BCUT2D eigenvalue weighted by Gasteiger charge is -2.44. The largest absolute Gasteiger partial charge is 0.516 e. The predicted octanol–water partition coefficient (Wildman–Crippen LogP) is 9.52. The van der Waals surface area contributed by atoms with Crippen LogP contribution in [0.2, 0.25) is 0 Å². The van der Waals surface area contributed by atoms with E-state index in [1.807, 2.05) is 6.92 Å². The number of nitrogens with zero attached hydrogens (tertiary/aromatic N) is 1. The summed E-state index contributed by atoms with van der Waals surface area (Å²) in [5.41, 5.74) is -9.19. The molecule has 3 aliphatic rings. The van der Waals surface area contributed by atoms with Crippen LogP contribution in [0.15, 0.2) is 60.2 Å². The van der Waals surface area contributed by atoms with E-state index >= 15 is 4.39 Å². The molecule has 2 aromatic rings. The summed E-state index contributed by atoms with van der Waals surface area (Å²) in [6.45, 7) is 10.6. The average Bonchev–Trinajstić information content (AvgIpc) is 3.43. The molecule has 2 unspecified atom stereocenters. The van der Waals surface area contributed by atoms with Crippen molar-refractivity contribution >= 4 is 15.7 Å². The SMILES string of the molecule is C=CO.CCC.Cc1ccc(S(=O)(=O)C23CCN(C(=O)C4(F)CCC(C)CC4)C2CCc2cc(C(F)(C(F)(F)F)C(F)(F)F)ccc23)cc1. The van der Waals surface area contributed by atoms with Gasteiger partial charge in [-0.2, -0.15) is 26.3 Å².